The SMILES string of the molecule is CN1CCNC(c2ccc3nc(NC(=O)Nc4ccc(F)cc4)sc3c2)C1=O. The molecule has 1 aromatic heterocycles. The van der Waals surface area contributed by atoms with Crippen molar-refractivity contribution in [1.29, 1.82) is 0 Å². The predicted octanol–water partition coefficient (Wildman–Crippen LogP) is 3.18. The van der Waals surface area contributed by atoms with Gasteiger partial charge in [0.05, 0.1) is 10.2 Å². The van der Waals surface area contributed by atoms with Crippen molar-refractivity contribution in [2.45, 2.75) is 6.04 Å². The minimum absolute atomic E-state index is 0.0344. The number of nitrogens with zero attached hydrogens (tertiary/aromatic N) is 2. The third kappa shape index (κ3) is 3.80. The van der Waals surface area contributed by atoms with E-state index in [1.54, 1.807) is 11.9 Å². The quantitative estimate of drug-likeness (QED) is 0.631. The third-order valence-electron chi connectivity index (χ3n) is 4.49. The summed E-state index contributed by atoms with van der Waals surface area (Å²) in [4.78, 5) is 30.6. The summed E-state index contributed by atoms with van der Waals surface area (Å²) >= 11 is 1.32. The molecule has 3 amide bonds. The Morgan fingerprint density at radius 2 is 2.04 bits per heavy atom. The first-order valence-corrected chi connectivity index (χ1v) is 9.54. The number of urea groups is 1. The molecule has 4 rings (SSSR count). The molecule has 1 fully saturated rings. The molecule has 2 heterocycles. The van der Waals surface area contributed by atoms with Gasteiger partial charge in [-0.2, -0.15) is 0 Å². The van der Waals surface area contributed by atoms with Crippen LogP contribution in [0.1, 0.15) is 11.6 Å². The van der Waals surface area contributed by atoms with Gasteiger partial charge in [-0.15, -0.1) is 0 Å². The van der Waals surface area contributed by atoms with Crippen LogP contribution in [0.4, 0.5) is 20.0 Å². The van der Waals surface area contributed by atoms with Gasteiger partial charge in [0, 0.05) is 25.8 Å². The molecule has 9 heteroatoms. The number of thiazole rings is 1. The number of hydrogen-bond donors (Lipinski definition) is 3. The maximum absolute atomic E-state index is 12.9. The topological polar surface area (TPSA) is 86.4 Å². The van der Waals surface area contributed by atoms with Crippen LogP contribution in [0.5, 0.6) is 0 Å². The summed E-state index contributed by atoms with van der Waals surface area (Å²) in [6, 6.07) is 10.3. The highest BCUT2D eigenvalue weighted by Crippen LogP contribution is 2.29. The fraction of sp³-hybridized carbons (Fsp3) is 0.211. The second-order valence-corrected chi connectivity index (χ2v) is 7.51. The van der Waals surface area contributed by atoms with E-state index in [0.717, 1.165) is 22.3 Å². The molecule has 28 heavy (non-hydrogen) atoms. The van der Waals surface area contributed by atoms with Crippen molar-refractivity contribution in [3.63, 3.8) is 0 Å². The molecule has 1 unspecified atom stereocenters. The number of piperazine rings is 1. The van der Waals surface area contributed by atoms with E-state index >= 15 is 0 Å². The van der Waals surface area contributed by atoms with Crippen LogP contribution in [-0.4, -0.2) is 42.0 Å². The number of benzene rings is 2. The molecule has 144 valence electrons. The number of amides is 3. The predicted molar refractivity (Wildman–Crippen MR) is 107 cm³/mol. The number of rotatable bonds is 3. The largest absolute Gasteiger partial charge is 0.343 e. The Bertz CT molecular complexity index is 1040. The monoisotopic (exact) mass is 399 g/mol. The number of halogens is 1. The molecule has 1 saturated heterocycles. The Morgan fingerprint density at radius 1 is 1.25 bits per heavy atom. The maximum Gasteiger partial charge on any atom is 0.325 e. The van der Waals surface area contributed by atoms with E-state index in [-0.39, 0.29) is 17.8 Å². The summed E-state index contributed by atoms with van der Waals surface area (Å²) in [5.74, 6) is -0.336. The smallest absolute Gasteiger partial charge is 0.325 e. The van der Waals surface area contributed by atoms with Gasteiger partial charge in [0.15, 0.2) is 5.13 Å². The number of carbonyl (C=O) groups excluding carboxylic acids is 2. The molecule has 0 saturated carbocycles. The molecule has 1 aliphatic heterocycles. The standard InChI is InChI=1S/C19H18FN5O2S/c1-25-9-8-21-16(17(25)26)11-2-7-14-15(10-11)28-19(23-14)24-18(27)22-13-5-3-12(20)4-6-13/h2-7,10,16,21H,8-9H2,1H3,(H2,22,23,24,27). The fourth-order valence-electron chi connectivity index (χ4n) is 3.02. The molecule has 2 aromatic carbocycles. The van der Waals surface area contributed by atoms with Gasteiger partial charge in [0.1, 0.15) is 11.9 Å². The summed E-state index contributed by atoms with van der Waals surface area (Å²) in [5.41, 5.74) is 2.09. The van der Waals surface area contributed by atoms with Gasteiger partial charge in [0.2, 0.25) is 5.91 Å². The molecule has 7 nitrogen and oxygen atoms in total. The number of fused-ring (bicyclic) bond motifs is 1. The summed E-state index contributed by atoms with van der Waals surface area (Å²) in [6.07, 6.45) is 0. The number of anilines is 2. The Kier molecular flexibility index (Phi) is 4.93. The van der Waals surface area contributed by atoms with Gasteiger partial charge in [0.25, 0.3) is 0 Å². The van der Waals surface area contributed by atoms with Crippen LogP contribution >= 0.6 is 11.3 Å². The van der Waals surface area contributed by atoms with Gasteiger partial charge >= 0.3 is 6.03 Å². The lowest BCUT2D eigenvalue weighted by Crippen LogP contribution is -2.48. The van der Waals surface area contributed by atoms with Gasteiger partial charge in [-0.25, -0.2) is 14.2 Å². The Morgan fingerprint density at radius 3 is 2.82 bits per heavy atom. The lowest BCUT2D eigenvalue weighted by Gasteiger charge is -2.30. The van der Waals surface area contributed by atoms with E-state index in [9.17, 15) is 14.0 Å². The van der Waals surface area contributed by atoms with Crippen molar-refractivity contribution in [3.8, 4) is 0 Å². The van der Waals surface area contributed by atoms with Crippen molar-refractivity contribution in [1.82, 2.24) is 15.2 Å². The summed E-state index contributed by atoms with van der Waals surface area (Å²) in [7, 11) is 1.79. The second-order valence-electron chi connectivity index (χ2n) is 6.48. The zero-order chi connectivity index (χ0) is 19.7. The van der Waals surface area contributed by atoms with E-state index in [1.807, 2.05) is 18.2 Å². The third-order valence-corrected chi connectivity index (χ3v) is 5.42. The molecule has 3 N–H and O–H groups in total. The van der Waals surface area contributed by atoms with Crippen molar-refractivity contribution < 1.29 is 14.0 Å². The van der Waals surface area contributed by atoms with Crippen LogP contribution in [0.2, 0.25) is 0 Å². The van der Waals surface area contributed by atoms with E-state index in [4.69, 9.17) is 0 Å². The first-order valence-electron chi connectivity index (χ1n) is 8.72. The molecular formula is C19H18FN5O2S. The van der Waals surface area contributed by atoms with Crippen LogP contribution in [0.25, 0.3) is 10.2 Å². The first kappa shape index (κ1) is 18.3. The molecule has 1 atom stereocenters. The average Bonchev–Trinajstić information content (AvgIpc) is 3.07. The van der Waals surface area contributed by atoms with Crippen LogP contribution in [-0.2, 0) is 4.79 Å². The first-order chi connectivity index (χ1) is 13.5. The van der Waals surface area contributed by atoms with Crippen LogP contribution in [0.15, 0.2) is 42.5 Å². The Hall–Kier alpha value is -3.04. The van der Waals surface area contributed by atoms with E-state index in [1.165, 1.54) is 35.6 Å². The van der Waals surface area contributed by atoms with Crippen molar-refractivity contribution in [2.75, 3.05) is 30.8 Å². The summed E-state index contributed by atoms with van der Waals surface area (Å²) in [6.45, 7) is 1.43. The van der Waals surface area contributed by atoms with Crippen molar-refractivity contribution in [3.05, 3.63) is 53.8 Å². The maximum atomic E-state index is 12.9. The number of aromatic nitrogens is 1. The van der Waals surface area contributed by atoms with Crippen LogP contribution in [0, 0.1) is 5.82 Å². The molecule has 0 spiro atoms. The van der Waals surface area contributed by atoms with Crippen molar-refractivity contribution in [2.24, 2.45) is 0 Å². The molecule has 0 aliphatic carbocycles. The molecule has 0 radical (unpaired) electrons. The van der Waals surface area contributed by atoms with E-state index in [0.29, 0.717) is 17.4 Å². The number of hydrogen-bond acceptors (Lipinski definition) is 5. The summed E-state index contributed by atoms with van der Waals surface area (Å²) < 4.78 is 13.8. The van der Waals surface area contributed by atoms with Gasteiger partial charge in [-0.3, -0.25) is 10.1 Å². The summed E-state index contributed by atoms with van der Waals surface area (Å²) in [5, 5.41) is 8.98. The fourth-order valence-corrected chi connectivity index (χ4v) is 3.93. The highest BCUT2D eigenvalue weighted by molar-refractivity contribution is 7.22. The molecule has 0 bridgehead atoms. The number of likely N-dealkylation sites (N-methyl/N-ethyl adjacent to an activating group) is 1. The Balaban J connectivity index is 1.49. The zero-order valence-corrected chi connectivity index (χ0v) is 15.8. The number of carbonyl (C=O) groups is 2. The Labute approximate surface area is 164 Å². The van der Waals surface area contributed by atoms with Gasteiger partial charge < -0.3 is 15.5 Å². The molecule has 1 aliphatic rings. The number of nitrogens with one attached hydrogen (secondary N) is 3. The minimum Gasteiger partial charge on any atom is -0.343 e. The molecular weight excluding hydrogens is 381 g/mol. The van der Waals surface area contributed by atoms with Gasteiger partial charge in [-0.05, 0) is 42.0 Å². The second kappa shape index (κ2) is 7.53. The highest BCUT2D eigenvalue weighted by Gasteiger charge is 2.27. The van der Waals surface area contributed by atoms with Crippen LogP contribution < -0.4 is 16.0 Å². The van der Waals surface area contributed by atoms with Crippen molar-refractivity contribution >= 4 is 44.3 Å². The minimum atomic E-state index is -0.461. The highest BCUT2D eigenvalue weighted by atomic mass is 32.1. The normalized spacial score (nSPS) is 17.0. The lowest BCUT2D eigenvalue weighted by molar-refractivity contribution is -0.134. The zero-order valence-electron chi connectivity index (χ0n) is 15.0. The van der Waals surface area contributed by atoms with Gasteiger partial charge in [-0.1, -0.05) is 17.4 Å². The molecule has 3 aromatic rings. The average molecular weight is 399 g/mol. The van der Waals surface area contributed by atoms with Crippen LogP contribution in [0.3, 0.4) is 0 Å². The van der Waals surface area contributed by atoms with E-state index in [2.05, 4.69) is 20.9 Å². The van der Waals surface area contributed by atoms with E-state index < -0.39 is 6.03 Å². The lowest BCUT2D eigenvalue weighted by atomic mass is 10.0.